The molecular weight excluding hydrogens is 392 g/mol. The maximum absolute atomic E-state index is 12.9. The van der Waals surface area contributed by atoms with E-state index in [4.69, 9.17) is 9.84 Å². The number of sulfonamides is 1. The van der Waals surface area contributed by atoms with Crippen molar-refractivity contribution >= 4 is 38.1 Å². The minimum Gasteiger partial charge on any atom is -0.494 e. The fourth-order valence-electron chi connectivity index (χ4n) is 3.35. The number of aliphatic hydroxyl groups is 1. The Morgan fingerprint density at radius 2 is 1.76 bits per heavy atom. The molecule has 2 N–H and O–H groups in total. The van der Waals surface area contributed by atoms with E-state index in [2.05, 4.69) is 5.32 Å². The van der Waals surface area contributed by atoms with Crippen LogP contribution in [0.25, 0.3) is 10.8 Å². The Hall–Kier alpha value is -3.10. The third kappa shape index (κ3) is 3.64. The van der Waals surface area contributed by atoms with Gasteiger partial charge in [-0.1, -0.05) is 24.3 Å². The average molecular weight is 412 g/mol. The number of ether oxygens (including phenoxy) is 1. The van der Waals surface area contributed by atoms with Crippen LogP contribution in [0.1, 0.15) is 6.42 Å². The van der Waals surface area contributed by atoms with Gasteiger partial charge in [0.15, 0.2) is 0 Å². The first kappa shape index (κ1) is 19.2. The molecule has 0 saturated carbocycles. The predicted octanol–water partition coefficient (Wildman–Crippen LogP) is 2.75. The van der Waals surface area contributed by atoms with Crippen LogP contribution in [0.2, 0.25) is 0 Å². The van der Waals surface area contributed by atoms with Crippen molar-refractivity contribution < 1.29 is 23.1 Å². The highest BCUT2D eigenvalue weighted by atomic mass is 32.2. The second kappa shape index (κ2) is 7.73. The molecule has 0 aromatic heterocycles. The van der Waals surface area contributed by atoms with Crippen molar-refractivity contribution in [2.45, 2.75) is 11.3 Å². The second-order valence-electron chi connectivity index (χ2n) is 6.64. The van der Waals surface area contributed by atoms with Crippen molar-refractivity contribution in [2.24, 2.45) is 0 Å². The number of aliphatic hydroxyl groups excluding tert-OH is 1. The molecule has 3 aromatic carbocycles. The van der Waals surface area contributed by atoms with Crippen LogP contribution in [0, 0.1) is 0 Å². The van der Waals surface area contributed by atoms with E-state index < -0.39 is 15.9 Å². The molecule has 29 heavy (non-hydrogen) atoms. The molecule has 8 heteroatoms. The summed E-state index contributed by atoms with van der Waals surface area (Å²) in [6, 6.07) is 17.2. The zero-order valence-electron chi connectivity index (χ0n) is 15.5. The van der Waals surface area contributed by atoms with Gasteiger partial charge in [-0.2, -0.15) is 0 Å². The van der Waals surface area contributed by atoms with E-state index in [1.54, 1.807) is 48.5 Å². The summed E-state index contributed by atoms with van der Waals surface area (Å²) in [6.45, 7) is 0.150. The Morgan fingerprint density at radius 1 is 1.03 bits per heavy atom. The standard InChI is InChI=1S/C21H20N2O5S/c24-12-3-13-28-17-10-8-16(9-11-17)22-20(25)14-23-18-6-1-4-15-5-2-7-19(21(15)18)29(23,26)27/h1-2,4-11,24H,3,12-14H2,(H,22,25). The molecule has 4 rings (SSSR count). The van der Waals surface area contributed by atoms with E-state index in [1.807, 2.05) is 12.1 Å². The van der Waals surface area contributed by atoms with Crippen LogP contribution in [-0.2, 0) is 14.8 Å². The molecule has 0 atom stereocenters. The number of nitrogens with one attached hydrogen (secondary N) is 1. The number of hydrogen-bond donors (Lipinski definition) is 2. The summed E-state index contributed by atoms with van der Waals surface area (Å²) in [5.74, 6) is 0.188. The zero-order chi connectivity index (χ0) is 20.4. The van der Waals surface area contributed by atoms with Crippen LogP contribution in [0.5, 0.6) is 5.75 Å². The van der Waals surface area contributed by atoms with Gasteiger partial charge >= 0.3 is 0 Å². The third-order valence-electron chi connectivity index (χ3n) is 4.68. The van der Waals surface area contributed by atoms with Crippen LogP contribution in [0.15, 0.2) is 65.6 Å². The SMILES string of the molecule is O=C(CN1c2cccc3cccc(c23)S1(=O)=O)Nc1ccc(OCCCO)cc1. The van der Waals surface area contributed by atoms with Crippen LogP contribution >= 0.6 is 0 Å². The second-order valence-corrected chi connectivity index (χ2v) is 8.47. The van der Waals surface area contributed by atoms with Crippen LogP contribution in [0.4, 0.5) is 11.4 Å². The summed E-state index contributed by atoms with van der Waals surface area (Å²) in [4.78, 5) is 12.8. The number of carbonyl (C=O) groups is 1. The van der Waals surface area contributed by atoms with Crippen molar-refractivity contribution in [3.63, 3.8) is 0 Å². The van der Waals surface area contributed by atoms with Crippen molar-refractivity contribution in [1.29, 1.82) is 0 Å². The lowest BCUT2D eigenvalue weighted by Gasteiger charge is -2.18. The predicted molar refractivity (Wildman–Crippen MR) is 111 cm³/mol. The first-order valence-electron chi connectivity index (χ1n) is 9.19. The van der Waals surface area contributed by atoms with Crippen molar-refractivity contribution in [1.82, 2.24) is 0 Å². The molecule has 0 unspecified atom stereocenters. The fourth-order valence-corrected chi connectivity index (χ4v) is 5.02. The largest absolute Gasteiger partial charge is 0.494 e. The highest BCUT2D eigenvalue weighted by molar-refractivity contribution is 7.93. The van der Waals surface area contributed by atoms with E-state index in [-0.39, 0.29) is 18.0 Å². The molecule has 0 saturated heterocycles. The fraction of sp³-hybridized carbons (Fsp3) is 0.190. The van der Waals surface area contributed by atoms with Crippen molar-refractivity contribution in [3.05, 3.63) is 60.7 Å². The van der Waals surface area contributed by atoms with Gasteiger partial charge in [0.05, 0.1) is 17.2 Å². The van der Waals surface area contributed by atoms with Gasteiger partial charge in [0, 0.05) is 24.1 Å². The number of anilines is 2. The van der Waals surface area contributed by atoms with Gasteiger partial charge in [0.1, 0.15) is 12.3 Å². The number of carbonyl (C=O) groups excluding carboxylic acids is 1. The lowest BCUT2D eigenvalue weighted by Crippen LogP contribution is -2.35. The Bertz CT molecular complexity index is 1150. The number of nitrogens with zero attached hydrogens (tertiary/aromatic N) is 1. The first-order valence-corrected chi connectivity index (χ1v) is 10.6. The van der Waals surface area contributed by atoms with Gasteiger partial charge in [-0.05, 0) is 41.8 Å². The lowest BCUT2D eigenvalue weighted by molar-refractivity contribution is -0.114. The molecule has 1 aliphatic heterocycles. The van der Waals surface area contributed by atoms with Gasteiger partial charge in [-0.3, -0.25) is 9.10 Å². The van der Waals surface area contributed by atoms with Crippen LogP contribution in [0.3, 0.4) is 0 Å². The molecule has 1 aliphatic rings. The molecule has 1 amide bonds. The lowest BCUT2D eigenvalue weighted by atomic mass is 10.1. The minimum absolute atomic E-state index is 0.0607. The molecular formula is C21H20N2O5S. The van der Waals surface area contributed by atoms with Gasteiger partial charge in [-0.15, -0.1) is 0 Å². The molecule has 0 fully saturated rings. The van der Waals surface area contributed by atoms with Gasteiger partial charge in [-0.25, -0.2) is 8.42 Å². The van der Waals surface area contributed by atoms with E-state index in [1.165, 1.54) is 0 Å². The summed E-state index contributed by atoms with van der Waals surface area (Å²) in [6.07, 6.45) is 0.540. The summed E-state index contributed by atoms with van der Waals surface area (Å²) in [7, 11) is -3.77. The smallest absolute Gasteiger partial charge is 0.265 e. The number of rotatable bonds is 7. The number of hydrogen-bond acceptors (Lipinski definition) is 5. The highest BCUT2D eigenvalue weighted by Crippen LogP contribution is 2.41. The Morgan fingerprint density at radius 3 is 2.48 bits per heavy atom. The van der Waals surface area contributed by atoms with Crippen LogP contribution in [-0.4, -0.2) is 39.2 Å². The molecule has 0 aliphatic carbocycles. The molecule has 0 bridgehead atoms. The molecule has 0 spiro atoms. The van der Waals surface area contributed by atoms with E-state index in [0.717, 1.165) is 9.69 Å². The Balaban J connectivity index is 1.49. The maximum Gasteiger partial charge on any atom is 0.265 e. The number of benzene rings is 3. The van der Waals surface area contributed by atoms with Gasteiger partial charge in [0.2, 0.25) is 5.91 Å². The zero-order valence-corrected chi connectivity index (χ0v) is 16.4. The quantitative estimate of drug-likeness (QED) is 0.582. The third-order valence-corrected chi connectivity index (χ3v) is 6.48. The molecule has 7 nitrogen and oxygen atoms in total. The Labute approximate surface area is 168 Å². The topological polar surface area (TPSA) is 95.9 Å². The summed E-state index contributed by atoms with van der Waals surface area (Å²) >= 11 is 0. The average Bonchev–Trinajstić information content (AvgIpc) is 2.93. The van der Waals surface area contributed by atoms with E-state index in [9.17, 15) is 13.2 Å². The van der Waals surface area contributed by atoms with E-state index in [0.29, 0.717) is 35.5 Å². The molecule has 150 valence electrons. The summed E-state index contributed by atoms with van der Waals surface area (Å²) < 4.78 is 32.5. The first-order chi connectivity index (χ1) is 14.0. The minimum atomic E-state index is -3.77. The van der Waals surface area contributed by atoms with Crippen molar-refractivity contribution in [3.8, 4) is 5.75 Å². The Kier molecular flexibility index (Phi) is 5.12. The molecule has 1 heterocycles. The molecule has 3 aromatic rings. The van der Waals surface area contributed by atoms with E-state index >= 15 is 0 Å². The van der Waals surface area contributed by atoms with Crippen molar-refractivity contribution in [2.75, 3.05) is 29.4 Å². The highest BCUT2D eigenvalue weighted by Gasteiger charge is 2.36. The monoisotopic (exact) mass is 412 g/mol. The summed E-state index contributed by atoms with van der Waals surface area (Å²) in [5, 5.41) is 13.0. The van der Waals surface area contributed by atoms with Gasteiger partial charge in [0.25, 0.3) is 10.0 Å². The maximum atomic E-state index is 12.9. The van der Waals surface area contributed by atoms with Gasteiger partial charge < -0.3 is 15.2 Å². The summed E-state index contributed by atoms with van der Waals surface area (Å²) in [5.41, 5.74) is 1.05. The molecule has 0 radical (unpaired) electrons. The van der Waals surface area contributed by atoms with Crippen LogP contribution < -0.4 is 14.4 Å². The normalized spacial score (nSPS) is 14.2. The number of amides is 1.